The van der Waals surface area contributed by atoms with Crippen LogP contribution in [-0.4, -0.2) is 9.78 Å². The highest BCUT2D eigenvalue weighted by Gasteiger charge is 2.17. The van der Waals surface area contributed by atoms with Crippen molar-refractivity contribution in [3.8, 4) is 72.7 Å². The number of hydrogen-bond donors (Lipinski definition) is 0. The Bertz CT molecular complexity index is 3290. The van der Waals surface area contributed by atoms with E-state index in [-0.39, 0.29) is 0 Å². The monoisotopic (exact) mass is 817 g/mol. The molecule has 1 aromatic heterocycles. The SMILES string of the molecule is c1ccc(-c2cc(-c3ccc(-c4cccc5ccccc45)cc3)n(-c3ccc(-c4ccccc4-c4ccccc4-c4ccc(N(c5ccccc5)c5ccccc5)cc4)cc3)n2)cc1. The molecule has 0 saturated heterocycles. The second-order valence-electron chi connectivity index (χ2n) is 16.0. The number of rotatable bonds is 10. The average Bonchev–Trinajstić information content (AvgIpc) is 3.83. The van der Waals surface area contributed by atoms with Crippen LogP contribution in [-0.2, 0) is 0 Å². The third-order valence-electron chi connectivity index (χ3n) is 12.1. The highest BCUT2D eigenvalue weighted by Crippen LogP contribution is 2.41. The molecule has 0 fully saturated rings. The Morgan fingerprint density at radius 2 is 0.719 bits per heavy atom. The van der Waals surface area contributed by atoms with Crippen LogP contribution in [0, 0.1) is 0 Å². The first-order valence-electron chi connectivity index (χ1n) is 21.8. The highest BCUT2D eigenvalue weighted by molar-refractivity contribution is 5.97. The van der Waals surface area contributed by atoms with Gasteiger partial charge in [0.15, 0.2) is 0 Å². The first-order valence-corrected chi connectivity index (χ1v) is 21.8. The Kier molecular flexibility index (Phi) is 10.3. The fourth-order valence-corrected chi connectivity index (χ4v) is 8.94. The summed E-state index contributed by atoms with van der Waals surface area (Å²) in [6.45, 7) is 0. The van der Waals surface area contributed by atoms with Gasteiger partial charge in [-0.05, 0) is 110 Å². The molecule has 1 heterocycles. The van der Waals surface area contributed by atoms with Crippen molar-refractivity contribution in [2.24, 2.45) is 0 Å². The van der Waals surface area contributed by atoms with Crippen LogP contribution >= 0.6 is 0 Å². The van der Waals surface area contributed by atoms with Gasteiger partial charge in [-0.15, -0.1) is 0 Å². The normalized spacial score (nSPS) is 11.1. The standard InChI is InChI=1S/C61H43N3/c1-4-18-48(19-5-1)60-43-61(49-33-31-45(32-34-49)55-30-16-20-44-17-10-11-25-54(44)55)64(62-60)53-41-37-47(38-42-53)57-27-13-15-29-59(57)58-28-14-12-26-56(58)46-35-39-52(40-36-46)63(50-21-6-2-7-22-50)51-23-8-3-9-24-51/h1-43H. The Hall–Kier alpha value is -8.53. The molecule has 302 valence electrons. The molecule has 0 unspecified atom stereocenters. The van der Waals surface area contributed by atoms with Crippen molar-refractivity contribution in [1.29, 1.82) is 0 Å². The molecule has 64 heavy (non-hydrogen) atoms. The van der Waals surface area contributed by atoms with Crippen LogP contribution in [0.5, 0.6) is 0 Å². The molecule has 0 N–H and O–H groups in total. The summed E-state index contributed by atoms with van der Waals surface area (Å²) < 4.78 is 2.08. The zero-order chi connectivity index (χ0) is 42.7. The van der Waals surface area contributed by atoms with Gasteiger partial charge in [0, 0.05) is 28.2 Å². The second kappa shape index (κ2) is 17.1. The van der Waals surface area contributed by atoms with Crippen LogP contribution in [0.1, 0.15) is 0 Å². The number of para-hydroxylation sites is 2. The van der Waals surface area contributed by atoms with E-state index in [1.807, 2.05) is 6.07 Å². The molecule has 11 aromatic rings. The highest BCUT2D eigenvalue weighted by atomic mass is 15.3. The summed E-state index contributed by atoms with van der Waals surface area (Å²) in [6.07, 6.45) is 0. The number of benzene rings is 10. The summed E-state index contributed by atoms with van der Waals surface area (Å²) in [5.41, 5.74) is 17.9. The van der Waals surface area contributed by atoms with Crippen LogP contribution in [0.4, 0.5) is 17.1 Å². The van der Waals surface area contributed by atoms with Crippen molar-refractivity contribution in [2.45, 2.75) is 0 Å². The molecule has 0 amide bonds. The molecule has 0 aliphatic rings. The van der Waals surface area contributed by atoms with Gasteiger partial charge in [0.25, 0.3) is 0 Å². The molecule has 3 heteroatoms. The molecule has 0 radical (unpaired) electrons. The Balaban J connectivity index is 0.930. The van der Waals surface area contributed by atoms with Crippen LogP contribution in [0.15, 0.2) is 261 Å². The predicted octanol–water partition coefficient (Wildman–Crippen LogP) is 16.5. The molecular formula is C61H43N3. The van der Waals surface area contributed by atoms with Gasteiger partial charge in [-0.1, -0.05) is 206 Å². The third-order valence-corrected chi connectivity index (χ3v) is 12.1. The Morgan fingerprint density at radius 1 is 0.297 bits per heavy atom. The minimum absolute atomic E-state index is 0.931. The van der Waals surface area contributed by atoms with Crippen molar-refractivity contribution >= 4 is 27.8 Å². The maximum atomic E-state index is 5.23. The average molecular weight is 818 g/mol. The number of fused-ring (bicyclic) bond motifs is 1. The van der Waals surface area contributed by atoms with Crippen molar-refractivity contribution in [1.82, 2.24) is 9.78 Å². The van der Waals surface area contributed by atoms with E-state index in [1.54, 1.807) is 0 Å². The molecule has 0 saturated carbocycles. The van der Waals surface area contributed by atoms with Gasteiger partial charge in [-0.25, -0.2) is 4.68 Å². The van der Waals surface area contributed by atoms with Crippen LogP contribution in [0.3, 0.4) is 0 Å². The lowest BCUT2D eigenvalue weighted by molar-refractivity contribution is 0.892. The van der Waals surface area contributed by atoms with E-state index in [1.165, 1.54) is 44.2 Å². The molecule has 10 aromatic carbocycles. The Labute approximate surface area is 374 Å². The number of aromatic nitrogens is 2. The summed E-state index contributed by atoms with van der Waals surface area (Å²) in [6, 6.07) is 93.0. The van der Waals surface area contributed by atoms with Crippen molar-refractivity contribution < 1.29 is 0 Å². The second-order valence-corrected chi connectivity index (χ2v) is 16.0. The fraction of sp³-hybridized carbons (Fsp3) is 0. The van der Waals surface area contributed by atoms with E-state index in [4.69, 9.17) is 5.10 Å². The van der Waals surface area contributed by atoms with Gasteiger partial charge >= 0.3 is 0 Å². The fourth-order valence-electron chi connectivity index (χ4n) is 8.94. The Morgan fingerprint density at radius 3 is 1.33 bits per heavy atom. The van der Waals surface area contributed by atoms with E-state index in [0.717, 1.165) is 56.4 Å². The molecular weight excluding hydrogens is 775 g/mol. The molecule has 0 spiro atoms. The first kappa shape index (κ1) is 38.4. The minimum atomic E-state index is 0.931. The van der Waals surface area contributed by atoms with Gasteiger partial charge in [0.2, 0.25) is 0 Å². The largest absolute Gasteiger partial charge is 0.311 e. The van der Waals surface area contributed by atoms with E-state index >= 15 is 0 Å². The lowest BCUT2D eigenvalue weighted by atomic mass is 9.89. The van der Waals surface area contributed by atoms with Crippen LogP contribution in [0.25, 0.3) is 83.5 Å². The molecule has 0 aliphatic carbocycles. The summed E-state index contributed by atoms with van der Waals surface area (Å²) in [5.74, 6) is 0. The van der Waals surface area contributed by atoms with Crippen molar-refractivity contribution in [3.05, 3.63) is 261 Å². The van der Waals surface area contributed by atoms with E-state index in [2.05, 4.69) is 264 Å². The quantitative estimate of drug-likeness (QED) is 0.137. The van der Waals surface area contributed by atoms with Crippen LogP contribution < -0.4 is 4.90 Å². The molecule has 0 bridgehead atoms. The minimum Gasteiger partial charge on any atom is -0.311 e. The smallest absolute Gasteiger partial charge is 0.0934 e. The number of anilines is 3. The zero-order valence-corrected chi connectivity index (χ0v) is 35.2. The van der Waals surface area contributed by atoms with Crippen molar-refractivity contribution in [2.75, 3.05) is 4.90 Å². The molecule has 0 aliphatic heterocycles. The zero-order valence-electron chi connectivity index (χ0n) is 35.2. The maximum absolute atomic E-state index is 5.23. The van der Waals surface area contributed by atoms with E-state index in [9.17, 15) is 0 Å². The number of nitrogens with zero attached hydrogens (tertiary/aromatic N) is 3. The maximum Gasteiger partial charge on any atom is 0.0934 e. The molecule has 11 rings (SSSR count). The van der Waals surface area contributed by atoms with Gasteiger partial charge in [0.05, 0.1) is 17.1 Å². The van der Waals surface area contributed by atoms with E-state index in [0.29, 0.717) is 0 Å². The summed E-state index contributed by atoms with van der Waals surface area (Å²) >= 11 is 0. The van der Waals surface area contributed by atoms with E-state index < -0.39 is 0 Å². The molecule has 3 nitrogen and oxygen atoms in total. The topological polar surface area (TPSA) is 21.1 Å². The van der Waals surface area contributed by atoms with Gasteiger partial charge < -0.3 is 4.90 Å². The third kappa shape index (κ3) is 7.46. The number of hydrogen-bond acceptors (Lipinski definition) is 2. The summed E-state index contributed by atoms with van der Waals surface area (Å²) in [7, 11) is 0. The summed E-state index contributed by atoms with van der Waals surface area (Å²) in [4.78, 5) is 2.30. The lowest BCUT2D eigenvalue weighted by Gasteiger charge is -2.25. The molecule has 0 atom stereocenters. The summed E-state index contributed by atoms with van der Waals surface area (Å²) in [5, 5.41) is 7.72. The van der Waals surface area contributed by atoms with Gasteiger partial charge in [-0.3, -0.25) is 0 Å². The van der Waals surface area contributed by atoms with Gasteiger partial charge in [0.1, 0.15) is 0 Å². The van der Waals surface area contributed by atoms with Crippen LogP contribution in [0.2, 0.25) is 0 Å². The van der Waals surface area contributed by atoms with Gasteiger partial charge in [-0.2, -0.15) is 5.10 Å². The first-order chi connectivity index (χ1) is 31.7. The lowest BCUT2D eigenvalue weighted by Crippen LogP contribution is -2.09. The predicted molar refractivity (Wildman–Crippen MR) is 268 cm³/mol. The van der Waals surface area contributed by atoms with Crippen molar-refractivity contribution in [3.63, 3.8) is 0 Å².